The summed E-state index contributed by atoms with van der Waals surface area (Å²) >= 11 is 1.57. The molecule has 6 nitrogen and oxygen atoms in total. The Labute approximate surface area is 181 Å². The summed E-state index contributed by atoms with van der Waals surface area (Å²) in [7, 11) is 1.82. The first-order chi connectivity index (χ1) is 14.2. The average Bonchev–Trinajstić information content (AvgIpc) is 3.13. The molecular weight excluding hydrogens is 405 g/mol. The summed E-state index contributed by atoms with van der Waals surface area (Å²) in [4.78, 5) is 21.0. The molecule has 0 saturated carbocycles. The van der Waals surface area contributed by atoms with Crippen LogP contribution >= 0.6 is 11.3 Å². The van der Waals surface area contributed by atoms with Crippen molar-refractivity contribution in [3.05, 3.63) is 46.2 Å². The van der Waals surface area contributed by atoms with Crippen molar-refractivity contribution in [3.63, 3.8) is 0 Å². The molecule has 3 rings (SSSR count). The molecule has 1 amide bonds. The highest BCUT2D eigenvalue weighted by Gasteiger charge is 2.28. The van der Waals surface area contributed by atoms with Crippen LogP contribution < -0.4 is 4.74 Å². The van der Waals surface area contributed by atoms with Gasteiger partial charge in [0.15, 0.2) is 0 Å². The molecule has 8 heteroatoms. The van der Waals surface area contributed by atoms with E-state index in [1.165, 1.54) is 12.1 Å². The Morgan fingerprint density at radius 1 is 1.27 bits per heavy atom. The second-order valence-electron chi connectivity index (χ2n) is 8.57. The molecular formula is C22H30FN3O3S. The first kappa shape index (κ1) is 22.5. The molecule has 1 aromatic carbocycles. The fraction of sp³-hybridized carbons (Fsp3) is 0.545. The average molecular weight is 436 g/mol. The van der Waals surface area contributed by atoms with E-state index in [-0.39, 0.29) is 18.0 Å². The van der Waals surface area contributed by atoms with Crippen LogP contribution in [0.1, 0.15) is 44.3 Å². The maximum absolute atomic E-state index is 13.0. The zero-order valence-electron chi connectivity index (χ0n) is 18.1. The van der Waals surface area contributed by atoms with Crippen molar-refractivity contribution in [3.8, 4) is 5.75 Å². The second-order valence-corrected chi connectivity index (χ2v) is 9.52. The molecule has 0 unspecified atom stereocenters. The molecule has 30 heavy (non-hydrogen) atoms. The van der Waals surface area contributed by atoms with Crippen molar-refractivity contribution >= 4 is 17.4 Å². The van der Waals surface area contributed by atoms with E-state index in [0.717, 1.165) is 43.2 Å². The highest BCUT2D eigenvalue weighted by Crippen LogP contribution is 2.21. The van der Waals surface area contributed by atoms with E-state index in [2.05, 4.69) is 15.3 Å². The zero-order chi connectivity index (χ0) is 21.7. The molecule has 0 N–H and O–H groups in total. The van der Waals surface area contributed by atoms with Gasteiger partial charge < -0.3 is 14.4 Å². The van der Waals surface area contributed by atoms with Crippen molar-refractivity contribution in [2.24, 2.45) is 0 Å². The number of aromatic nitrogens is 1. The molecule has 0 spiro atoms. The number of nitrogens with zero attached hydrogens (tertiary/aromatic N) is 3. The Kier molecular flexibility index (Phi) is 7.31. The van der Waals surface area contributed by atoms with E-state index < -0.39 is 5.60 Å². The van der Waals surface area contributed by atoms with Crippen LogP contribution in [-0.4, -0.2) is 52.7 Å². The van der Waals surface area contributed by atoms with Crippen molar-refractivity contribution < 1.29 is 18.7 Å². The second kappa shape index (κ2) is 9.75. The van der Waals surface area contributed by atoms with Crippen LogP contribution in [0.5, 0.6) is 5.75 Å². The smallest absolute Gasteiger partial charge is 0.410 e. The van der Waals surface area contributed by atoms with Gasteiger partial charge in [-0.3, -0.25) is 4.90 Å². The van der Waals surface area contributed by atoms with Gasteiger partial charge in [-0.05, 0) is 57.9 Å². The number of carbonyl (C=O) groups is 1. The Morgan fingerprint density at radius 2 is 1.93 bits per heavy atom. The maximum Gasteiger partial charge on any atom is 0.410 e. The number of thiazole rings is 1. The van der Waals surface area contributed by atoms with Gasteiger partial charge in [0.1, 0.15) is 28.8 Å². The van der Waals surface area contributed by atoms with Crippen molar-refractivity contribution in [2.75, 3.05) is 20.1 Å². The molecule has 1 fully saturated rings. The summed E-state index contributed by atoms with van der Waals surface area (Å²) in [6.45, 7) is 8.64. The Balaban J connectivity index is 1.43. The van der Waals surface area contributed by atoms with Crippen LogP contribution in [0.2, 0.25) is 0 Å². The van der Waals surface area contributed by atoms with E-state index in [1.807, 2.05) is 27.8 Å². The van der Waals surface area contributed by atoms with Gasteiger partial charge >= 0.3 is 6.09 Å². The molecule has 0 aliphatic carbocycles. The summed E-state index contributed by atoms with van der Waals surface area (Å²) in [5.74, 6) is 0.351. The van der Waals surface area contributed by atoms with Gasteiger partial charge in [-0.15, -0.1) is 11.3 Å². The monoisotopic (exact) mass is 435 g/mol. The van der Waals surface area contributed by atoms with E-state index >= 15 is 0 Å². The SMILES string of the molecule is CN(C(=O)OC(C)(C)C)C1CCN(Cc2csc(COc3ccc(F)cc3)n2)CC1. The van der Waals surface area contributed by atoms with Gasteiger partial charge in [-0.25, -0.2) is 14.2 Å². The summed E-state index contributed by atoms with van der Waals surface area (Å²) < 4.78 is 24.1. The molecule has 0 bridgehead atoms. The van der Waals surface area contributed by atoms with Gasteiger partial charge in [0, 0.05) is 38.1 Å². The lowest BCUT2D eigenvalue weighted by molar-refractivity contribution is 0.0148. The highest BCUT2D eigenvalue weighted by atomic mass is 32.1. The Bertz CT molecular complexity index is 827. The minimum Gasteiger partial charge on any atom is -0.486 e. The molecule has 0 atom stereocenters. The van der Waals surface area contributed by atoms with E-state index in [1.54, 1.807) is 28.4 Å². The van der Waals surface area contributed by atoms with Crippen LogP contribution in [0.4, 0.5) is 9.18 Å². The van der Waals surface area contributed by atoms with Gasteiger partial charge in [0.05, 0.1) is 5.69 Å². The Hall–Kier alpha value is -2.19. The number of halogens is 1. The number of amides is 1. The normalized spacial score (nSPS) is 15.8. The molecule has 2 heterocycles. The largest absolute Gasteiger partial charge is 0.486 e. The summed E-state index contributed by atoms with van der Waals surface area (Å²) in [6.07, 6.45) is 1.58. The van der Waals surface area contributed by atoms with Gasteiger partial charge in [0.25, 0.3) is 0 Å². The lowest BCUT2D eigenvalue weighted by atomic mass is 10.0. The third kappa shape index (κ3) is 6.67. The molecule has 1 aliphatic heterocycles. The first-order valence-electron chi connectivity index (χ1n) is 10.2. The fourth-order valence-corrected chi connectivity index (χ4v) is 4.04. The van der Waals surface area contributed by atoms with Crippen molar-refractivity contribution in [2.45, 2.75) is 58.4 Å². The third-order valence-corrected chi connectivity index (χ3v) is 5.82. The molecule has 2 aromatic rings. The van der Waals surface area contributed by atoms with Crippen LogP contribution in [0.25, 0.3) is 0 Å². The minimum atomic E-state index is -0.477. The molecule has 1 aliphatic rings. The number of ether oxygens (including phenoxy) is 2. The lowest BCUT2D eigenvalue weighted by Crippen LogP contribution is -2.46. The number of carbonyl (C=O) groups excluding carboxylic acids is 1. The zero-order valence-corrected chi connectivity index (χ0v) is 18.9. The molecule has 164 valence electrons. The number of hydrogen-bond donors (Lipinski definition) is 0. The van der Waals surface area contributed by atoms with Crippen LogP contribution in [0, 0.1) is 5.82 Å². The topological polar surface area (TPSA) is 54.9 Å². The Morgan fingerprint density at radius 3 is 2.57 bits per heavy atom. The number of rotatable bonds is 6. The van der Waals surface area contributed by atoms with Gasteiger partial charge in [-0.1, -0.05) is 0 Å². The molecule has 1 aromatic heterocycles. The number of benzene rings is 1. The molecule has 1 saturated heterocycles. The van der Waals surface area contributed by atoms with Gasteiger partial charge in [-0.2, -0.15) is 0 Å². The summed E-state index contributed by atoms with van der Waals surface area (Å²) in [5.41, 5.74) is 0.547. The first-order valence-corrected chi connectivity index (χ1v) is 11.1. The van der Waals surface area contributed by atoms with Crippen molar-refractivity contribution in [1.29, 1.82) is 0 Å². The summed E-state index contributed by atoms with van der Waals surface area (Å²) in [5, 5.41) is 2.95. The number of likely N-dealkylation sites (tertiary alicyclic amines) is 1. The van der Waals surface area contributed by atoms with Gasteiger partial charge in [0.2, 0.25) is 0 Å². The highest BCUT2D eigenvalue weighted by molar-refractivity contribution is 7.09. The lowest BCUT2D eigenvalue weighted by Gasteiger charge is -2.37. The van der Waals surface area contributed by atoms with E-state index in [9.17, 15) is 9.18 Å². The maximum atomic E-state index is 13.0. The fourth-order valence-electron chi connectivity index (χ4n) is 3.34. The predicted octanol–water partition coefficient (Wildman–Crippen LogP) is 4.69. The third-order valence-electron chi connectivity index (χ3n) is 4.95. The van der Waals surface area contributed by atoms with Crippen LogP contribution in [-0.2, 0) is 17.9 Å². The quantitative estimate of drug-likeness (QED) is 0.659. The predicted molar refractivity (Wildman–Crippen MR) is 115 cm³/mol. The van der Waals surface area contributed by atoms with Crippen molar-refractivity contribution in [1.82, 2.24) is 14.8 Å². The van der Waals surface area contributed by atoms with Crippen LogP contribution in [0.3, 0.4) is 0 Å². The van der Waals surface area contributed by atoms with Crippen LogP contribution in [0.15, 0.2) is 29.6 Å². The minimum absolute atomic E-state index is 0.200. The summed E-state index contributed by atoms with van der Waals surface area (Å²) in [6, 6.07) is 6.19. The number of piperidine rings is 1. The van der Waals surface area contributed by atoms with E-state index in [0.29, 0.717) is 12.4 Å². The standard InChI is InChI=1S/C22H30FN3O3S/c1-22(2,3)29-21(27)25(4)18-9-11-26(12-10-18)13-17-15-30-20(24-17)14-28-19-7-5-16(23)6-8-19/h5-8,15,18H,9-14H2,1-4H3. The number of hydrogen-bond acceptors (Lipinski definition) is 6. The molecule has 0 radical (unpaired) electrons. The van der Waals surface area contributed by atoms with E-state index in [4.69, 9.17) is 9.47 Å².